The van der Waals surface area contributed by atoms with Crippen LogP contribution in [-0.4, -0.2) is 4.98 Å². The Morgan fingerprint density at radius 1 is 1.24 bits per heavy atom. The van der Waals surface area contributed by atoms with Crippen LogP contribution in [0.25, 0.3) is 10.9 Å². The first kappa shape index (κ1) is 15.9. The molecule has 4 rings (SSSR count). The Labute approximate surface area is 157 Å². The molecule has 0 amide bonds. The molecule has 0 saturated carbocycles. The van der Waals surface area contributed by atoms with Gasteiger partial charge in [-0.05, 0) is 35.9 Å². The van der Waals surface area contributed by atoms with Crippen LogP contribution in [-0.2, 0) is 0 Å². The monoisotopic (exact) mass is 411 g/mol. The summed E-state index contributed by atoms with van der Waals surface area (Å²) in [5.41, 5.74) is 8.76. The van der Waals surface area contributed by atoms with Crippen molar-refractivity contribution in [1.29, 1.82) is 5.26 Å². The summed E-state index contributed by atoms with van der Waals surface area (Å²) >= 11 is 9.90. The van der Waals surface area contributed by atoms with Crippen molar-refractivity contribution >= 4 is 38.4 Å². The topological polar surface area (TPSA) is 71.9 Å². The van der Waals surface area contributed by atoms with Gasteiger partial charge in [0.25, 0.3) is 0 Å². The van der Waals surface area contributed by atoms with E-state index in [9.17, 15) is 5.26 Å². The molecule has 0 aliphatic carbocycles. The van der Waals surface area contributed by atoms with E-state index in [-0.39, 0.29) is 11.8 Å². The van der Waals surface area contributed by atoms with Gasteiger partial charge in [0, 0.05) is 21.6 Å². The number of halogens is 2. The highest BCUT2D eigenvalue weighted by Crippen LogP contribution is 2.46. The van der Waals surface area contributed by atoms with Crippen LogP contribution >= 0.6 is 27.5 Å². The third-order valence-corrected chi connectivity index (χ3v) is 5.07. The van der Waals surface area contributed by atoms with E-state index < -0.39 is 0 Å². The standard InChI is InChI=1S/C19H11BrClN3O/c20-11-5-3-10(4-6-11)16-13-8-15(21)12-2-1-7-24-17(12)18(13)25-19(23)14(16)9-22/h1-8,16H,23H2. The molecule has 0 bridgehead atoms. The number of nitriles is 1. The Hall–Kier alpha value is -2.55. The van der Waals surface area contributed by atoms with Gasteiger partial charge in [0.15, 0.2) is 5.75 Å². The van der Waals surface area contributed by atoms with Crippen LogP contribution in [0.1, 0.15) is 17.0 Å². The van der Waals surface area contributed by atoms with E-state index >= 15 is 0 Å². The van der Waals surface area contributed by atoms with E-state index in [1.165, 1.54) is 0 Å². The van der Waals surface area contributed by atoms with E-state index in [4.69, 9.17) is 22.1 Å². The molecule has 0 spiro atoms. The van der Waals surface area contributed by atoms with Crippen molar-refractivity contribution in [3.63, 3.8) is 0 Å². The van der Waals surface area contributed by atoms with Crippen molar-refractivity contribution in [2.45, 2.75) is 5.92 Å². The van der Waals surface area contributed by atoms with Gasteiger partial charge in [0.1, 0.15) is 17.2 Å². The van der Waals surface area contributed by atoms with Gasteiger partial charge >= 0.3 is 0 Å². The van der Waals surface area contributed by atoms with Crippen molar-refractivity contribution in [2.75, 3.05) is 0 Å². The van der Waals surface area contributed by atoms with Gasteiger partial charge in [-0.2, -0.15) is 5.26 Å². The summed E-state index contributed by atoms with van der Waals surface area (Å²) < 4.78 is 6.74. The second kappa shape index (κ2) is 6.07. The van der Waals surface area contributed by atoms with E-state index in [0.29, 0.717) is 21.9 Å². The molecule has 6 heteroatoms. The molecule has 0 radical (unpaired) electrons. The van der Waals surface area contributed by atoms with Crippen molar-refractivity contribution in [2.24, 2.45) is 5.73 Å². The molecule has 2 aromatic carbocycles. The molecule has 0 saturated heterocycles. The molecule has 1 aromatic heterocycles. The average Bonchev–Trinajstić information content (AvgIpc) is 2.63. The van der Waals surface area contributed by atoms with Crippen molar-refractivity contribution < 1.29 is 4.74 Å². The Morgan fingerprint density at radius 2 is 2.00 bits per heavy atom. The molecular weight excluding hydrogens is 402 g/mol. The van der Waals surface area contributed by atoms with Crippen LogP contribution in [0.5, 0.6) is 5.75 Å². The number of allylic oxidation sites excluding steroid dienone is 1. The number of nitrogens with zero attached hydrogens (tertiary/aromatic N) is 2. The van der Waals surface area contributed by atoms with Gasteiger partial charge < -0.3 is 10.5 Å². The summed E-state index contributed by atoms with van der Waals surface area (Å²) in [7, 11) is 0. The second-order valence-corrected chi connectivity index (χ2v) is 6.98. The normalized spacial score (nSPS) is 16.3. The summed E-state index contributed by atoms with van der Waals surface area (Å²) in [6, 6.07) is 15.5. The fraction of sp³-hybridized carbons (Fsp3) is 0.0526. The summed E-state index contributed by atoms with van der Waals surface area (Å²) in [6.45, 7) is 0. The molecule has 1 atom stereocenters. The number of hydrogen-bond acceptors (Lipinski definition) is 4. The van der Waals surface area contributed by atoms with Crippen LogP contribution in [0.2, 0.25) is 5.02 Å². The lowest BCUT2D eigenvalue weighted by Gasteiger charge is -2.27. The molecule has 0 fully saturated rings. The SMILES string of the molecule is N#CC1=C(N)Oc2c(cc(Cl)c3cccnc23)C1c1ccc(Br)cc1. The maximum Gasteiger partial charge on any atom is 0.205 e. The molecular formula is C19H11BrClN3O. The van der Waals surface area contributed by atoms with Gasteiger partial charge in [0.2, 0.25) is 5.88 Å². The van der Waals surface area contributed by atoms with Crippen LogP contribution in [0, 0.1) is 11.3 Å². The van der Waals surface area contributed by atoms with Gasteiger partial charge in [-0.1, -0.05) is 39.7 Å². The number of hydrogen-bond donors (Lipinski definition) is 1. The Morgan fingerprint density at radius 3 is 2.72 bits per heavy atom. The molecule has 2 N–H and O–H groups in total. The highest BCUT2D eigenvalue weighted by Gasteiger charge is 2.32. The summed E-state index contributed by atoms with van der Waals surface area (Å²) in [5, 5.41) is 11.0. The number of aromatic nitrogens is 1. The predicted octanol–water partition coefficient (Wildman–Crippen LogP) is 4.87. The number of benzene rings is 2. The summed E-state index contributed by atoms with van der Waals surface area (Å²) in [4.78, 5) is 4.40. The third-order valence-electron chi connectivity index (χ3n) is 4.23. The van der Waals surface area contributed by atoms with Gasteiger partial charge in [-0.25, -0.2) is 0 Å². The Bertz CT molecular complexity index is 1070. The zero-order valence-corrected chi connectivity index (χ0v) is 15.2. The minimum absolute atomic E-state index is 0.0946. The first-order valence-corrected chi connectivity index (χ1v) is 8.67. The number of fused-ring (bicyclic) bond motifs is 3. The number of nitrogens with two attached hydrogens (primary N) is 1. The van der Waals surface area contributed by atoms with Gasteiger partial charge in [-0.3, -0.25) is 4.98 Å². The lowest BCUT2D eigenvalue weighted by molar-refractivity contribution is 0.397. The van der Waals surface area contributed by atoms with Gasteiger partial charge in [-0.15, -0.1) is 0 Å². The molecule has 2 heterocycles. The van der Waals surface area contributed by atoms with Crippen molar-refractivity contribution in [1.82, 2.24) is 4.98 Å². The van der Waals surface area contributed by atoms with Crippen LogP contribution in [0.4, 0.5) is 0 Å². The predicted molar refractivity (Wildman–Crippen MR) is 100 cm³/mol. The van der Waals surface area contributed by atoms with Crippen LogP contribution in [0.3, 0.4) is 0 Å². The molecule has 1 aliphatic heterocycles. The molecule has 4 nitrogen and oxygen atoms in total. The Kier molecular flexibility index (Phi) is 3.87. The van der Waals surface area contributed by atoms with Crippen molar-refractivity contribution in [3.05, 3.63) is 80.7 Å². The van der Waals surface area contributed by atoms with Crippen molar-refractivity contribution in [3.8, 4) is 11.8 Å². The summed E-state index contributed by atoms with van der Waals surface area (Å²) in [6.07, 6.45) is 1.68. The first-order chi connectivity index (χ1) is 12.1. The zero-order valence-electron chi connectivity index (χ0n) is 12.8. The molecule has 122 valence electrons. The maximum absolute atomic E-state index is 9.63. The fourth-order valence-corrected chi connectivity index (χ4v) is 3.64. The number of pyridine rings is 1. The summed E-state index contributed by atoms with van der Waals surface area (Å²) in [5.74, 6) is 0.285. The highest BCUT2D eigenvalue weighted by atomic mass is 79.9. The quantitative estimate of drug-likeness (QED) is 0.619. The van der Waals surface area contributed by atoms with E-state index in [2.05, 4.69) is 27.0 Å². The third kappa shape index (κ3) is 2.55. The molecule has 1 unspecified atom stereocenters. The highest BCUT2D eigenvalue weighted by molar-refractivity contribution is 9.10. The van der Waals surface area contributed by atoms with E-state index in [1.54, 1.807) is 6.20 Å². The smallest absolute Gasteiger partial charge is 0.205 e. The van der Waals surface area contributed by atoms with Gasteiger partial charge in [0.05, 0.1) is 10.9 Å². The second-order valence-electron chi connectivity index (χ2n) is 5.65. The Balaban J connectivity index is 2.04. The molecule has 1 aliphatic rings. The number of ether oxygens (including phenoxy) is 1. The number of rotatable bonds is 1. The fourth-order valence-electron chi connectivity index (χ4n) is 3.10. The minimum Gasteiger partial charge on any atom is -0.438 e. The van der Waals surface area contributed by atoms with Crippen LogP contribution in [0.15, 0.2) is 64.6 Å². The first-order valence-electron chi connectivity index (χ1n) is 7.50. The van der Waals surface area contributed by atoms with E-state index in [0.717, 1.165) is 21.0 Å². The largest absolute Gasteiger partial charge is 0.438 e. The zero-order chi connectivity index (χ0) is 17.6. The lowest BCUT2D eigenvalue weighted by Crippen LogP contribution is -2.21. The molecule has 25 heavy (non-hydrogen) atoms. The maximum atomic E-state index is 9.63. The lowest BCUT2D eigenvalue weighted by atomic mass is 9.83. The van der Waals surface area contributed by atoms with E-state index in [1.807, 2.05) is 42.5 Å². The minimum atomic E-state index is -0.356. The average molecular weight is 413 g/mol. The molecule has 3 aromatic rings. The van der Waals surface area contributed by atoms with Crippen LogP contribution < -0.4 is 10.5 Å².